The van der Waals surface area contributed by atoms with Gasteiger partial charge in [-0.05, 0) is 49.2 Å². The number of aromatic hydroxyl groups is 1. The molecule has 214 valence electrons. The molecule has 1 atom stereocenters. The molecule has 0 saturated carbocycles. The normalized spacial score (nSPS) is 11.9. The number of methoxy groups -OCH3 is 1. The van der Waals surface area contributed by atoms with Crippen molar-refractivity contribution in [3.8, 4) is 28.4 Å². The molecule has 0 radical (unpaired) electrons. The van der Waals surface area contributed by atoms with Crippen molar-refractivity contribution in [2.75, 3.05) is 19.0 Å². The van der Waals surface area contributed by atoms with Crippen molar-refractivity contribution in [3.05, 3.63) is 70.1 Å². The van der Waals surface area contributed by atoms with E-state index in [9.17, 15) is 32.7 Å². The Morgan fingerprint density at radius 3 is 2.50 bits per heavy atom. The Morgan fingerprint density at radius 2 is 1.85 bits per heavy atom. The number of aromatic nitrogens is 1. The lowest BCUT2D eigenvalue weighted by Crippen LogP contribution is -2.36. The van der Waals surface area contributed by atoms with Crippen LogP contribution in [-0.4, -0.2) is 41.8 Å². The van der Waals surface area contributed by atoms with Gasteiger partial charge in [-0.25, -0.2) is 4.79 Å². The largest absolute Gasteiger partial charge is 0.573 e. The molecule has 3 N–H and O–H groups in total. The number of hydrogen-bond donors (Lipinski definition) is 3. The van der Waals surface area contributed by atoms with E-state index in [1.54, 1.807) is 32.0 Å². The number of nitrogens with zero attached hydrogens (tertiary/aromatic N) is 1. The van der Waals surface area contributed by atoms with Crippen molar-refractivity contribution in [1.29, 1.82) is 0 Å². The van der Waals surface area contributed by atoms with Gasteiger partial charge in [0, 0.05) is 24.4 Å². The number of esters is 1. The second-order valence-electron chi connectivity index (χ2n) is 8.61. The lowest BCUT2D eigenvalue weighted by Gasteiger charge is -2.21. The molecule has 0 aliphatic heterocycles. The maximum atomic E-state index is 13.2. The second-order valence-corrected chi connectivity index (χ2v) is 8.61. The maximum Gasteiger partial charge on any atom is 0.573 e. The molecule has 13 heteroatoms. The van der Waals surface area contributed by atoms with E-state index in [4.69, 9.17) is 9.47 Å². The van der Waals surface area contributed by atoms with Crippen molar-refractivity contribution < 1.29 is 42.1 Å². The molecule has 40 heavy (non-hydrogen) atoms. The number of aryl methyl sites for hydroxylation is 1. The summed E-state index contributed by atoms with van der Waals surface area (Å²) in [6.07, 6.45) is -5.38. The van der Waals surface area contributed by atoms with Crippen LogP contribution in [0.2, 0.25) is 0 Å². The van der Waals surface area contributed by atoms with Crippen LogP contribution < -0.4 is 25.7 Å². The van der Waals surface area contributed by atoms with Crippen molar-refractivity contribution in [2.24, 2.45) is 7.05 Å². The van der Waals surface area contributed by atoms with Crippen molar-refractivity contribution in [1.82, 2.24) is 9.88 Å². The second kappa shape index (κ2) is 12.5. The number of halogens is 3. The zero-order valence-corrected chi connectivity index (χ0v) is 22.1. The van der Waals surface area contributed by atoms with Crippen LogP contribution in [0.25, 0.3) is 11.1 Å². The van der Waals surface area contributed by atoms with Crippen LogP contribution in [0.15, 0.2) is 53.3 Å². The van der Waals surface area contributed by atoms with E-state index in [1.165, 1.54) is 43.0 Å². The highest BCUT2D eigenvalue weighted by molar-refractivity contribution is 5.91. The summed E-state index contributed by atoms with van der Waals surface area (Å²) < 4.78 is 55.1. The van der Waals surface area contributed by atoms with Gasteiger partial charge in [0.05, 0.1) is 26.2 Å². The number of ether oxygens (including phenoxy) is 3. The Kier molecular flexibility index (Phi) is 9.30. The fourth-order valence-electron chi connectivity index (χ4n) is 3.86. The summed E-state index contributed by atoms with van der Waals surface area (Å²) in [6.45, 7) is 3.23. The molecule has 3 aromatic rings. The quantitative estimate of drug-likeness (QED) is 0.320. The van der Waals surface area contributed by atoms with Gasteiger partial charge in [-0.3, -0.25) is 9.59 Å². The lowest BCUT2D eigenvalue weighted by molar-refractivity contribution is -0.274. The summed E-state index contributed by atoms with van der Waals surface area (Å²) >= 11 is 0. The smallest absolute Gasteiger partial charge is 0.505 e. The van der Waals surface area contributed by atoms with Gasteiger partial charge in [0.2, 0.25) is 0 Å². The van der Waals surface area contributed by atoms with Gasteiger partial charge in [0.15, 0.2) is 5.69 Å². The van der Waals surface area contributed by atoms with E-state index in [2.05, 4.69) is 15.4 Å². The number of alkyl halides is 3. The first-order valence-electron chi connectivity index (χ1n) is 12.0. The van der Waals surface area contributed by atoms with Crippen LogP contribution in [0.1, 0.15) is 30.6 Å². The Bertz CT molecular complexity index is 1450. The molecule has 10 nitrogen and oxygen atoms in total. The Morgan fingerprint density at radius 1 is 1.12 bits per heavy atom. The van der Waals surface area contributed by atoms with E-state index in [0.717, 1.165) is 6.07 Å². The van der Waals surface area contributed by atoms with Gasteiger partial charge in [-0.15, -0.1) is 13.2 Å². The minimum atomic E-state index is -4.99. The molecule has 0 saturated heterocycles. The number of hydrogen-bond acceptors (Lipinski definition) is 7. The average Bonchev–Trinajstić information content (AvgIpc) is 2.89. The molecular formula is C27H28F3N3O7. The zero-order chi connectivity index (χ0) is 29.6. The van der Waals surface area contributed by atoms with Gasteiger partial charge >= 0.3 is 18.4 Å². The lowest BCUT2D eigenvalue weighted by atomic mass is 9.96. The summed E-state index contributed by atoms with van der Waals surface area (Å²) in [5, 5.41) is 15.0. The Balaban J connectivity index is 2.03. The van der Waals surface area contributed by atoms with Gasteiger partial charge in [-0.1, -0.05) is 18.2 Å². The van der Waals surface area contributed by atoms with Crippen LogP contribution in [0.4, 0.5) is 23.7 Å². The third-order valence-corrected chi connectivity index (χ3v) is 5.88. The highest BCUT2D eigenvalue weighted by atomic mass is 19.4. The van der Waals surface area contributed by atoms with Crippen LogP contribution in [0.3, 0.4) is 0 Å². The van der Waals surface area contributed by atoms with E-state index in [0.29, 0.717) is 17.0 Å². The minimum absolute atomic E-state index is 0.00911. The number of rotatable bonds is 9. The molecule has 3 rings (SSSR count). The summed E-state index contributed by atoms with van der Waals surface area (Å²) in [6, 6.07) is 9.11. The molecule has 2 aromatic carbocycles. The number of pyridine rings is 1. The van der Waals surface area contributed by atoms with Crippen LogP contribution in [-0.2, 0) is 16.6 Å². The molecule has 0 spiro atoms. The standard InChI is InChI=1S/C27H28F3N3O7/c1-5-39-23(35)14-20(31-26(37)32-24-21(34)11-15(2)33(3)25(24)36)17-9-10-22(40-27(28,29)30)19(13-17)16-7-6-8-18(12-16)38-4/h6-13,20,34H,5,14H2,1-4H3,(H2,31,32,37). The molecular weight excluding hydrogens is 535 g/mol. The highest BCUT2D eigenvalue weighted by Gasteiger charge is 2.33. The number of carbonyl (C=O) groups is 2. The fourth-order valence-corrected chi connectivity index (χ4v) is 3.86. The number of carbonyl (C=O) groups excluding carboxylic acids is 2. The summed E-state index contributed by atoms with van der Waals surface area (Å²) in [4.78, 5) is 37.8. The van der Waals surface area contributed by atoms with Gasteiger partial charge in [0.1, 0.15) is 17.2 Å². The van der Waals surface area contributed by atoms with Crippen LogP contribution >= 0.6 is 0 Å². The molecule has 0 bridgehead atoms. The topological polar surface area (TPSA) is 128 Å². The highest BCUT2D eigenvalue weighted by Crippen LogP contribution is 2.37. The van der Waals surface area contributed by atoms with Crippen molar-refractivity contribution in [3.63, 3.8) is 0 Å². The predicted octanol–water partition coefficient (Wildman–Crippen LogP) is 4.79. The first-order valence-corrected chi connectivity index (χ1v) is 12.0. The number of amides is 2. The molecule has 0 aliphatic carbocycles. The minimum Gasteiger partial charge on any atom is -0.505 e. The summed E-state index contributed by atoms with van der Waals surface area (Å²) in [5.74, 6) is -1.30. The molecule has 0 aliphatic rings. The van der Waals surface area contributed by atoms with Crippen LogP contribution in [0, 0.1) is 6.92 Å². The number of urea groups is 1. The van der Waals surface area contributed by atoms with Crippen LogP contribution in [0.5, 0.6) is 17.2 Å². The van der Waals surface area contributed by atoms with E-state index in [-0.39, 0.29) is 17.7 Å². The van der Waals surface area contributed by atoms with Gasteiger partial charge < -0.3 is 34.5 Å². The molecule has 2 amide bonds. The monoisotopic (exact) mass is 563 g/mol. The Labute approximate surface area is 227 Å². The number of anilines is 1. The van der Waals surface area contributed by atoms with E-state index >= 15 is 0 Å². The number of benzene rings is 2. The van der Waals surface area contributed by atoms with Crippen molar-refractivity contribution >= 4 is 17.7 Å². The van der Waals surface area contributed by atoms with Gasteiger partial charge in [-0.2, -0.15) is 0 Å². The molecule has 0 fully saturated rings. The molecule has 1 heterocycles. The van der Waals surface area contributed by atoms with Crippen molar-refractivity contribution in [2.45, 2.75) is 32.7 Å². The third kappa shape index (κ3) is 7.46. The number of nitrogens with one attached hydrogen (secondary N) is 2. The SMILES string of the molecule is CCOC(=O)CC(NC(=O)Nc1c(O)cc(C)n(C)c1=O)c1ccc(OC(F)(F)F)c(-c2cccc(OC)c2)c1. The average molecular weight is 564 g/mol. The Hall–Kier alpha value is -4.68. The predicted molar refractivity (Wildman–Crippen MR) is 139 cm³/mol. The van der Waals surface area contributed by atoms with E-state index in [1.807, 2.05) is 0 Å². The third-order valence-electron chi connectivity index (χ3n) is 5.88. The molecule has 1 aromatic heterocycles. The first-order chi connectivity index (χ1) is 18.8. The van der Waals surface area contributed by atoms with Gasteiger partial charge in [0.25, 0.3) is 5.56 Å². The fraction of sp³-hybridized carbons (Fsp3) is 0.296. The summed E-state index contributed by atoms with van der Waals surface area (Å²) in [5.41, 5.74) is -0.0748. The summed E-state index contributed by atoms with van der Waals surface area (Å²) in [7, 11) is 2.86. The zero-order valence-electron chi connectivity index (χ0n) is 22.1. The maximum absolute atomic E-state index is 13.2. The van der Waals surface area contributed by atoms with E-state index < -0.39 is 53.6 Å². The molecule has 1 unspecified atom stereocenters. The first kappa shape index (κ1) is 29.9.